The first-order valence-corrected chi connectivity index (χ1v) is 7.86. The van der Waals surface area contributed by atoms with E-state index < -0.39 is 0 Å². The van der Waals surface area contributed by atoms with Gasteiger partial charge in [0.1, 0.15) is 6.04 Å². The molecule has 1 aliphatic carbocycles. The second-order valence-corrected chi connectivity index (χ2v) is 5.58. The summed E-state index contributed by atoms with van der Waals surface area (Å²) in [6.45, 7) is 2.36. The largest absolute Gasteiger partial charge is 0.504 e. The Morgan fingerprint density at radius 2 is 2.05 bits per heavy atom. The van der Waals surface area contributed by atoms with Gasteiger partial charge in [0, 0.05) is 6.04 Å². The molecular weight excluding hydrogens is 264 g/mol. The zero-order valence-electron chi connectivity index (χ0n) is 12.6. The van der Waals surface area contributed by atoms with Gasteiger partial charge in [0.25, 0.3) is 0 Å². The second-order valence-electron chi connectivity index (χ2n) is 5.58. The van der Waals surface area contributed by atoms with E-state index in [1.54, 1.807) is 18.2 Å². The summed E-state index contributed by atoms with van der Waals surface area (Å²) in [4.78, 5) is 0. The molecule has 1 unspecified atom stereocenters. The number of phenols is 1. The third-order valence-corrected chi connectivity index (χ3v) is 4.00. The van der Waals surface area contributed by atoms with Crippen molar-refractivity contribution in [3.8, 4) is 17.6 Å². The SMILES string of the molecule is CCOc1cc(C(C#N)NC2CCCCCC2)ccc1O. The number of nitrogens with zero attached hydrogens (tertiary/aromatic N) is 1. The fourth-order valence-corrected chi connectivity index (χ4v) is 2.87. The number of nitriles is 1. The van der Waals surface area contributed by atoms with Crippen molar-refractivity contribution in [3.63, 3.8) is 0 Å². The van der Waals surface area contributed by atoms with Crippen molar-refractivity contribution in [1.82, 2.24) is 5.32 Å². The molecule has 21 heavy (non-hydrogen) atoms. The molecular formula is C17H24N2O2. The molecule has 4 nitrogen and oxygen atoms in total. The van der Waals surface area contributed by atoms with Crippen LogP contribution in [0.15, 0.2) is 18.2 Å². The molecule has 1 aliphatic rings. The van der Waals surface area contributed by atoms with Gasteiger partial charge in [0.15, 0.2) is 11.5 Å². The van der Waals surface area contributed by atoms with Crippen LogP contribution in [0.5, 0.6) is 11.5 Å². The molecule has 2 rings (SSSR count). The Morgan fingerprint density at radius 1 is 1.33 bits per heavy atom. The summed E-state index contributed by atoms with van der Waals surface area (Å²) in [6.07, 6.45) is 7.32. The van der Waals surface area contributed by atoms with Crippen molar-refractivity contribution < 1.29 is 9.84 Å². The molecule has 1 aromatic rings. The van der Waals surface area contributed by atoms with Gasteiger partial charge in [-0.15, -0.1) is 0 Å². The van der Waals surface area contributed by atoms with E-state index >= 15 is 0 Å². The minimum absolute atomic E-state index is 0.117. The van der Waals surface area contributed by atoms with Crippen LogP contribution in [-0.2, 0) is 0 Å². The predicted molar refractivity (Wildman–Crippen MR) is 82.3 cm³/mol. The number of hydrogen-bond acceptors (Lipinski definition) is 4. The van der Waals surface area contributed by atoms with E-state index in [9.17, 15) is 10.4 Å². The van der Waals surface area contributed by atoms with Gasteiger partial charge in [-0.25, -0.2) is 0 Å². The van der Waals surface area contributed by atoms with Crippen molar-refractivity contribution in [1.29, 1.82) is 5.26 Å². The molecule has 0 radical (unpaired) electrons. The maximum absolute atomic E-state index is 9.75. The van der Waals surface area contributed by atoms with Crippen LogP contribution in [0.4, 0.5) is 0 Å². The van der Waals surface area contributed by atoms with Crippen LogP contribution in [0.1, 0.15) is 57.1 Å². The zero-order chi connectivity index (χ0) is 15.1. The number of nitrogens with one attached hydrogen (secondary N) is 1. The molecule has 1 atom stereocenters. The number of hydrogen-bond donors (Lipinski definition) is 2. The minimum atomic E-state index is -0.354. The molecule has 2 N–H and O–H groups in total. The average Bonchev–Trinajstić information content (AvgIpc) is 2.76. The molecule has 0 heterocycles. The highest BCUT2D eigenvalue weighted by Gasteiger charge is 2.19. The van der Waals surface area contributed by atoms with Crippen LogP contribution >= 0.6 is 0 Å². The van der Waals surface area contributed by atoms with E-state index in [-0.39, 0.29) is 11.8 Å². The number of benzene rings is 1. The van der Waals surface area contributed by atoms with Crippen molar-refractivity contribution in [2.45, 2.75) is 57.5 Å². The lowest BCUT2D eigenvalue weighted by Crippen LogP contribution is -2.31. The molecule has 0 amide bonds. The third kappa shape index (κ3) is 4.37. The number of phenolic OH excluding ortho intramolecular Hbond substituents is 1. The number of aromatic hydroxyl groups is 1. The summed E-state index contributed by atoms with van der Waals surface area (Å²) in [5.74, 6) is 0.560. The fourth-order valence-electron chi connectivity index (χ4n) is 2.87. The van der Waals surface area contributed by atoms with Crippen molar-refractivity contribution in [2.75, 3.05) is 6.61 Å². The van der Waals surface area contributed by atoms with E-state index in [4.69, 9.17) is 4.74 Å². The third-order valence-electron chi connectivity index (χ3n) is 4.00. The molecule has 0 aromatic heterocycles. The summed E-state index contributed by atoms with van der Waals surface area (Å²) in [5.41, 5.74) is 0.850. The highest BCUT2D eigenvalue weighted by Crippen LogP contribution is 2.30. The maximum atomic E-state index is 9.75. The van der Waals surface area contributed by atoms with Crippen molar-refractivity contribution in [3.05, 3.63) is 23.8 Å². The van der Waals surface area contributed by atoms with E-state index in [0.29, 0.717) is 18.4 Å². The lowest BCUT2D eigenvalue weighted by molar-refractivity contribution is 0.317. The maximum Gasteiger partial charge on any atom is 0.161 e. The molecule has 0 spiro atoms. The van der Waals surface area contributed by atoms with Crippen LogP contribution in [0.3, 0.4) is 0 Å². The van der Waals surface area contributed by atoms with E-state index in [2.05, 4.69) is 11.4 Å². The van der Waals surface area contributed by atoms with Gasteiger partial charge in [0.2, 0.25) is 0 Å². The van der Waals surface area contributed by atoms with Gasteiger partial charge >= 0.3 is 0 Å². The Morgan fingerprint density at radius 3 is 2.67 bits per heavy atom. The zero-order valence-corrected chi connectivity index (χ0v) is 12.6. The van der Waals surface area contributed by atoms with E-state index in [1.165, 1.54) is 25.7 Å². The lowest BCUT2D eigenvalue weighted by Gasteiger charge is -2.21. The molecule has 0 saturated heterocycles. The van der Waals surface area contributed by atoms with E-state index in [0.717, 1.165) is 18.4 Å². The standard InChI is InChI=1S/C17H24N2O2/c1-2-21-17-11-13(9-10-16(17)20)15(12-18)19-14-7-5-3-4-6-8-14/h9-11,14-15,19-20H,2-8H2,1H3. The summed E-state index contributed by atoms with van der Waals surface area (Å²) < 4.78 is 5.39. The van der Waals surface area contributed by atoms with Gasteiger partial charge in [0.05, 0.1) is 12.7 Å². The first kappa shape index (κ1) is 15.7. The van der Waals surface area contributed by atoms with Crippen molar-refractivity contribution in [2.24, 2.45) is 0 Å². The first-order valence-electron chi connectivity index (χ1n) is 7.86. The Bertz CT molecular complexity index is 488. The highest BCUT2D eigenvalue weighted by molar-refractivity contribution is 5.43. The van der Waals surface area contributed by atoms with Gasteiger partial charge in [-0.2, -0.15) is 5.26 Å². The Balaban J connectivity index is 2.09. The summed E-state index contributed by atoms with van der Waals surface area (Å²) >= 11 is 0. The van der Waals surface area contributed by atoms with Crippen LogP contribution in [0.2, 0.25) is 0 Å². The highest BCUT2D eigenvalue weighted by atomic mass is 16.5. The second kappa shape index (κ2) is 7.90. The Kier molecular flexibility index (Phi) is 5.89. The molecule has 4 heteroatoms. The summed E-state index contributed by atoms with van der Waals surface area (Å²) in [7, 11) is 0. The fraction of sp³-hybridized carbons (Fsp3) is 0.588. The van der Waals surface area contributed by atoms with Gasteiger partial charge in [-0.3, -0.25) is 5.32 Å². The lowest BCUT2D eigenvalue weighted by atomic mass is 10.0. The van der Waals surface area contributed by atoms with E-state index in [1.807, 2.05) is 6.92 Å². The van der Waals surface area contributed by atoms with Crippen LogP contribution in [0.25, 0.3) is 0 Å². The minimum Gasteiger partial charge on any atom is -0.504 e. The van der Waals surface area contributed by atoms with Gasteiger partial charge in [-0.05, 0) is 37.5 Å². The van der Waals surface area contributed by atoms with Crippen molar-refractivity contribution >= 4 is 0 Å². The Hall–Kier alpha value is -1.73. The van der Waals surface area contributed by atoms with Gasteiger partial charge in [-0.1, -0.05) is 31.7 Å². The molecule has 1 saturated carbocycles. The monoisotopic (exact) mass is 288 g/mol. The smallest absolute Gasteiger partial charge is 0.161 e. The van der Waals surface area contributed by atoms with Crippen LogP contribution in [-0.4, -0.2) is 17.8 Å². The molecule has 1 aromatic carbocycles. The molecule has 0 bridgehead atoms. The molecule has 114 valence electrons. The molecule has 0 aliphatic heterocycles. The quantitative estimate of drug-likeness (QED) is 0.811. The molecule has 1 fully saturated rings. The first-order chi connectivity index (χ1) is 10.2. The Labute approximate surface area is 126 Å². The van der Waals surface area contributed by atoms with Crippen LogP contribution in [0, 0.1) is 11.3 Å². The summed E-state index contributed by atoms with van der Waals surface area (Å²) in [5, 5.41) is 22.7. The van der Waals surface area contributed by atoms with Crippen LogP contribution < -0.4 is 10.1 Å². The summed E-state index contributed by atoms with van der Waals surface area (Å²) in [6, 6.07) is 7.52. The topological polar surface area (TPSA) is 65.3 Å². The predicted octanol–water partition coefficient (Wildman–Crippen LogP) is 3.67. The number of rotatable bonds is 5. The average molecular weight is 288 g/mol. The van der Waals surface area contributed by atoms with Gasteiger partial charge < -0.3 is 9.84 Å². The normalized spacial score (nSPS) is 17.7. The number of ether oxygens (including phenoxy) is 1.